The summed E-state index contributed by atoms with van der Waals surface area (Å²) in [6.45, 7) is 8.96. The summed E-state index contributed by atoms with van der Waals surface area (Å²) in [4.78, 5) is 40.3. The number of halogens is 1. The lowest BCUT2D eigenvalue weighted by Crippen LogP contribution is -2.39. The highest BCUT2D eigenvalue weighted by Crippen LogP contribution is 2.33. The fourth-order valence-electron chi connectivity index (χ4n) is 5.50. The number of carbonyl (C=O) groups excluding carboxylic acids is 2. The summed E-state index contributed by atoms with van der Waals surface area (Å²) >= 11 is 0. The van der Waals surface area contributed by atoms with E-state index >= 15 is 0 Å². The summed E-state index contributed by atoms with van der Waals surface area (Å²) < 4.78 is 20.9. The van der Waals surface area contributed by atoms with Crippen LogP contribution in [0.15, 0.2) is 41.5 Å². The Morgan fingerprint density at radius 1 is 1.15 bits per heavy atom. The van der Waals surface area contributed by atoms with E-state index in [-0.39, 0.29) is 23.9 Å². The number of nitrogens with one attached hydrogen (secondary N) is 3. The van der Waals surface area contributed by atoms with Gasteiger partial charge in [-0.15, -0.1) is 0 Å². The van der Waals surface area contributed by atoms with Crippen LogP contribution in [0.3, 0.4) is 0 Å². The van der Waals surface area contributed by atoms with Crippen molar-refractivity contribution in [2.75, 3.05) is 44.7 Å². The lowest BCUT2D eigenvalue weighted by molar-refractivity contribution is -0.126. The number of hydrogen-bond donors (Lipinski definition) is 3. The number of hydrogen-bond acceptors (Lipinski definition) is 6. The number of aromatic amines is 1. The first kappa shape index (κ1) is 28.0. The van der Waals surface area contributed by atoms with E-state index < -0.39 is 11.7 Å². The molecule has 2 fully saturated rings. The Balaban J connectivity index is 1.41. The van der Waals surface area contributed by atoms with Gasteiger partial charge in [0.15, 0.2) is 0 Å². The van der Waals surface area contributed by atoms with Gasteiger partial charge >= 0.3 is 0 Å². The van der Waals surface area contributed by atoms with E-state index in [1.54, 1.807) is 6.20 Å². The molecule has 214 valence electrons. The molecule has 3 heterocycles. The fourth-order valence-corrected chi connectivity index (χ4v) is 5.50. The molecule has 3 N–H and O–H groups in total. The average molecular weight is 552 g/mol. The number of anilines is 1. The van der Waals surface area contributed by atoms with Crippen LogP contribution in [0.4, 0.5) is 10.2 Å². The maximum atomic E-state index is 13.4. The molecule has 3 aromatic rings. The molecule has 0 bridgehead atoms. The molecule has 1 saturated heterocycles. The number of aromatic nitrogens is 3. The number of rotatable bonds is 8. The van der Waals surface area contributed by atoms with Crippen molar-refractivity contribution in [1.82, 2.24) is 24.8 Å². The van der Waals surface area contributed by atoms with Crippen molar-refractivity contribution >= 4 is 28.7 Å². The number of pyridine rings is 1. The predicted octanol–water partition coefficient (Wildman–Crippen LogP) is 3.24. The summed E-state index contributed by atoms with van der Waals surface area (Å²) in [5, 5.41) is 6.46. The summed E-state index contributed by atoms with van der Waals surface area (Å²) in [5.41, 5.74) is 2.39. The Hall–Kier alpha value is -3.57. The first-order valence-electron chi connectivity index (χ1n) is 14.2. The zero-order valence-corrected chi connectivity index (χ0v) is 23.2. The number of ether oxygens (including phenoxy) is 1. The van der Waals surface area contributed by atoms with Crippen LogP contribution < -0.4 is 16.3 Å². The van der Waals surface area contributed by atoms with Gasteiger partial charge in [-0.2, -0.15) is 4.99 Å². The SMILES string of the molecule is CC(C)NC(=O)[C@H]1CC[C@@H](n2/c(=N/C(=O)c3ccc(F)cc3)[nH]c3cnc(NCCN4CCOCC4)cc32)CC1. The van der Waals surface area contributed by atoms with Crippen molar-refractivity contribution < 1.29 is 18.7 Å². The molecule has 1 aromatic carbocycles. The molecule has 1 aliphatic carbocycles. The largest absolute Gasteiger partial charge is 0.379 e. The van der Waals surface area contributed by atoms with Crippen LogP contribution >= 0.6 is 0 Å². The second-order valence-corrected chi connectivity index (χ2v) is 10.9. The van der Waals surface area contributed by atoms with E-state index in [2.05, 4.69) is 35.1 Å². The Kier molecular flexibility index (Phi) is 8.91. The standard InChI is InChI=1S/C29H38FN7O3/c1-19(2)33-27(38)21-5-9-23(10-6-21)37-25-17-26(31-11-12-36-13-15-40-16-14-36)32-18-24(25)34-29(37)35-28(39)20-3-7-22(30)8-4-20/h3-4,7-8,17-19,21,23H,5-6,9-16H2,1-2H3,(H,31,32)(H,33,38)(H,34,35,39)/t21-,23+. The van der Waals surface area contributed by atoms with Crippen LogP contribution in [-0.2, 0) is 9.53 Å². The Morgan fingerprint density at radius 2 is 1.88 bits per heavy atom. The smallest absolute Gasteiger partial charge is 0.280 e. The zero-order valence-electron chi connectivity index (χ0n) is 23.2. The third-order valence-electron chi connectivity index (χ3n) is 7.62. The van der Waals surface area contributed by atoms with Gasteiger partial charge in [0.05, 0.1) is 30.4 Å². The van der Waals surface area contributed by atoms with Gasteiger partial charge < -0.3 is 24.9 Å². The monoisotopic (exact) mass is 551 g/mol. The molecule has 2 aromatic heterocycles. The van der Waals surface area contributed by atoms with E-state index in [1.807, 2.05) is 19.9 Å². The fraction of sp³-hybridized carbons (Fsp3) is 0.517. The van der Waals surface area contributed by atoms with Gasteiger partial charge in [-0.3, -0.25) is 14.5 Å². The molecule has 0 atom stereocenters. The van der Waals surface area contributed by atoms with Crippen LogP contribution in [0.25, 0.3) is 11.0 Å². The van der Waals surface area contributed by atoms with Crippen LogP contribution in [0, 0.1) is 11.7 Å². The van der Waals surface area contributed by atoms with E-state index in [9.17, 15) is 14.0 Å². The highest BCUT2D eigenvalue weighted by molar-refractivity contribution is 5.95. The van der Waals surface area contributed by atoms with E-state index in [0.717, 1.165) is 81.9 Å². The second kappa shape index (κ2) is 12.7. The van der Waals surface area contributed by atoms with Crippen LogP contribution in [0.1, 0.15) is 55.9 Å². The van der Waals surface area contributed by atoms with Gasteiger partial charge in [0, 0.05) is 55.8 Å². The Morgan fingerprint density at radius 3 is 2.58 bits per heavy atom. The number of benzene rings is 1. The van der Waals surface area contributed by atoms with Gasteiger partial charge in [-0.05, 0) is 63.8 Å². The van der Waals surface area contributed by atoms with Crippen molar-refractivity contribution in [2.45, 2.75) is 51.6 Å². The second-order valence-electron chi connectivity index (χ2n) is 10.9. The normalized spacial score (nSPS) is 20.6. The molecule has 5 rings (SSSR count). The van der Waals surface area contributed by atoms with E-state index in [4.69, 9.17) is 4.74 Å². The van der Waals surface area contributed by atoms with E-state index in [1.165, 1.54) is 24.3 Å². The minimum atomic E-state index is -0.456. The first-order valence-corrected chi connectivity index (χ1v) is 14.2. The molecule has 2 amide bonds. The van der Waals surface area contributed by atoms with Crippen molar-refractivity contribution in [3.63, 3.8) is 0 Å². The summed E-state index contributed by atoms with van der Waals surface area (Å²) in [6.07, 6.45) is 4.83. The number of amides is 2. The van der Waals surface area contributed by atoms with Crippen molar-refractivity contribution in [3.05, 3.63) is 53.5 Å². The molecular weight excluding hydrogens is 513 g/mol. The average Bonchev–Trinajstić information content (AvgIpc) is 3.30. The number of morpholine rings is 1. The first-order chi connectivity index (χ1) is 19.4. The quantitative estimate of drug-likeness (QED) is 0.396. The van der Waals surface area contributed by atoms with Crippen LogP contribution in [0.5, 0.6) is 0 Å². The predicted molar refractivity (Wildman–Crippen MR) is 150 cm³/mol. The molecule has 0 unspecified atom stereocenters. The zero-order chi connectivity index (χ0) is 28.1. The number of carbonyl (C=O) groups is 2. The molecule has 11 heteroatoms. The lowest BCUT2D eigenvalue weighted by Gasteiger charge is -2.29. The highest BCUT2D eigenvalue weighted by Gasteiger charge is 2.29. The van der Waals surface area contributed by atoms with Crippen LogP contribution in [-0.4, -0.2) is 76.7 Å². The van der Waals surface area contributed by atoms with Gasteiger partial charge in [0.1, 0.15) is 11.6 Å². The molecule has 1 saturated carbocycles. The summed E-state index contributed by atoms with van der Waals surface area (Å²) in [5.74, 6) is -0.0400. The molecule has 0 spiro atoms. The number of H-pyrrole nitrogens is 1. The molecule has 2 aliphatic rings. The van der Waals surface area contributed by atoms with Crippen molar-refractivity contribution in [1.29, 1.82) is 0 Å². The minimum absolute atomic E-state index is 0.0234. The Bertz CT molecular complexity index is 1380. The van der Waals surface area contributed by atoms with Gasteiger partial charge in [-0.1, -0.05) is 0 Å². The molecule has 40 heavy (non-hydrogen) atoms. The topological polar surface area (TPSA) is 117 Å². The third-order valence-corrected chi connectivity index (χ3v) is 7.62. The Labute approximate surface area is 233 Å². The third kappa shape index (κ3) is 6.76. The summed E-state index contributed by atoms with van der Waals surface area (Å²) in [7, 11) is 0. The molecular formula is C29H38FN7O3. The van der Waals surface area contributed by atoms with Crippen LogP contribution in [0.2, 0.25) is 0 Å². The number of fused-ring (bicyclic) bond motifs is 1. The van der Waals surface area contributed by atoms with Gasteiger partial charge in [0.2, 0.25) is 11.5 Å². The van der Waals surface area contributed by atoms with Gasteiger partial charge in [-0.25, -0.2) is 9.37 Å². The lowest BCUT2D eigenvalue weighted by atomic mass is 9.85. The molecule has 10 nitrogen and oxygen atoms in total. The molecule has 1 aliphatic heterocycles. The highest BCUT2D eigenvalue weighted by atomic mass is 19.1. The minimum Gasteiger partial charge on any atom is -0.379 e. The maximum absolute atomic E-state index is 13.4. The van der Waals surface area contributed by atoms with Crippen molar-refractivity contribution in [3.8, 4) is 0 Å². The van der Waals surface area contributed by atoms with E-state index in [0.29, 0.717) is 11.2 Å². The maximum Gasteiger partial charge on any atom is 0.280 e. The number of imidazole rings is 1. The van der Waals surface area contributed by atoms with Crippen molar-refractivity contribution in [2.24, 2.45) is 10.9 Å². The van der Waals surface area contributed by atoms with Gasteiger partial charge in [0.25, 0.3) is 5.91 Å². The summed E-state index contributed by atoms with van der Waals surface area (Å²) in [6, 6.07) is 7.53. The molecule has 0 radical (unpaired) electrons. The number of nitrogens with zero attached hydrogens (tertiary/aromatic N) is 4.